The van der Waals surface area contributed by atoms with E-state index < -0.39 is 0 Å². The summed E-state index contributed by atoms with van der Waals surface area (Å²) < 4.78 is 3.63. The van der Waals surface area contributed by atoms with Crippen LogP contribution in [-0.4, -0.2) is 18.7 Å². The van der Waals surface area contributed by atoms with E-state index in [0.717, 1.165) is 44.6 Å². The molecule has 6 heteroatoms. The number of rotatable bonds is 3. The Bertz CT molecular complexity index is 1640. The first-order valence-electron chi connectivity index (χ1n) is 11.7. The molecule has 0 saturated carbocycles. The molecule has 6 rings (SSSR count). The second kappa shape index (κ2) is 8.77. The van der Waals surface area contributed by atoms with Crippen LogP contribution in [0.4, 0.5) is 5.69 Å². The summed E-state index contributed by atoms with van der Waals surface area (Å²) in [5.41, 5.74) is 8.03. The lowest BCUT2D eigenvalue weighted by molar-refractivity contribution is 0.585. The lowest BCUT2D eigenvalue weighted by Crippen LogP contribution is -2.38. The molecule has 0 spiro atoms. The number of aryl methyl sites for hydroxylation is 1. The van der Waals surface area contributed by atoms with Gasteiger partial charge in [0.05, 0.1) is 16.3 Å². The molecule has 3 aromatic carbocycles. The highest BCUT2D eigenvalue weighted by Crippen LogP contribution is 2.41. The summed E-state index contributed by atoms with van der Waals surface area (Å²) in [7, 11) is 4.05. The molecular formula is C29H24BrN3OS. The van der Waals surface area contributed by atoms with Crippen LogP contribution < -0.4 is 19.8 Å². The van der Waals surface area contributed by atoms with Crippen LogP contribution in [0.15, 0.2) is 92.6 Å². The summed E-state index contributed by atoms with van der Waals surface area (Å²) in [5, 5.41) is 0. The largest absolute Gasteiger partial charge is 0.378 e. The number of hydrogen-bond acceptors (Lipinski definition) is 4. The van der Waals surface area contributed by atoms with Crippen LogP contribution in [-0.2, 0) is 6.42 Å². The van der Waals surface area contributed by atoms with Gasteiger partial charge >= 0.3 is 0 Å². The number of hydrogen-bond donors (Lipinski definition) is 0. The van der Waals surface area contributed by atoms with Crippen LogP contribution in [0.3, 0.4) is 0 Å². The molecule has 2 aliphatic rings. The first-order valence-corrected chi connectivity index (χ1v) is 13.3. The Morgan fingerprint density at radius 1 is 1.00 bits per heavy atom. The number of anilines is 1. The molecule has 174 valence electrons. The maximum atomic E-state index is 13.8. The van der Waals surface area contributed by atoms with E-state index in [9.17, 15) is 4.79 Å². The van der Waals surface area contributed by atoms with Crippen LogP contribution in [0.1, 0.15) is 34.7 Å². The van der Waals surface area contributed by atoms with E-state index in [1.54, 1.807) is 0 Å². The Balaban J connectivity index is 1.57. The standard InChI is InChI=1S/C29H24BrN3OS/c1-32(2)22-14-7-18(8-15-22)17-25-28(34)33-27(20-9-12-21(30)13-10-20)24-16-11-19-5-3-4-6-23(19)26(24)31-29(33)35-25/h3-10,12-15,17,27H,11,16H2,1-2H3/b25-17-/t27-/m0/s1. The number of thiazole rings is 1. The second-order valence-electron chi connectivity index (χ2n) is 9.15. The highest BCUT2D eigenvalue weighted by Gasteiger charge is 2.32. The molecule has 0 N–H and O–H groups in total. The molecule has 0 amide bonds. The van der Waals surface area contributed by atoms with Gasteiger partial charge in [0.1, 0.15) is 0 Å². The van der Waals surface area contributed by atoms with Crippen molar-refractivity contribution in [3.63, 3.8) is 0 Å². The zero-order chi connectivity index (χ0) is 24.1. The molecule has 35 heavy (non-hydrogen) atoms. The maximum absolute atomic E-state index is 13.8. The normalized spacial score (nSPS) is 16.9. The number of halogens is 1. The Hall–Kier alpha value is -3.22. The molecule has 2 heterocycles. The molecule has 1 aromatic heterocycles. The van der Waals surface area contributed by atoms with Crippen molar-refractivity contribution in [2.45, 2.75) is 18.9 Å². The predicted molar refractivity (Wildman–Crippen MR) is 148 cm³/mol. The van der Waals surface area contributed by atoms with E-state index in [-0.39, 0.29) is 11.6 Å². The average Bonchev–Trinajstić information content (AvgIpc) is 3.18. The van der Waals surface area contributed by atoms with Gasteiger partial charge in [-0.1, -0.05) is 75.8 Å². The molecule has 0 unspecified atom stereocenters. The van der Waals surface area contributed by atoms with Crippen molar-refractivity contribution in [1.82, 2.24) is 4.57 Å². The molecule has 1 aliphatic carbocycles. The quantitative estimate of drug-likeness (QED) is 0.359. The Morgan fingerprint density at radius 2 is 1.74 bits per heavy atom. The third kappa shape index (κ3) is 3.91. The summed E-state index contributed by atoms with van der Waals surface area (Å²) in [6.07, 6.45) is 3.84. The van der Waals surface area contributed by atoms with E-state index in [1.165, 1.54) is 28.0 Å². The van der Waals surface area contributed by atoms with E-state index >= 15 is 0 Å². The topological polar surface area (TPSA) is 37.6 Å². The Kier molecular flexibility index (Phi) is 5.58. The fourth-order valence-corrected chi connectivity index (χ4v) is 6.25. The van der Waals surface area contributed by atoms with Crippen molar-refractivity contribution in [3.8, 4) is 0 Å². The minimum atomic E-state index is -0.152. The summed E-state index contributed by atoms with van der Waals surface area (Å²) in [4.78, 5) is 21.7. The minimum absolute atomic E-state index is 0.0174. The fraction of sp³-hybridized carbons (Fsp3) is 0.172. The molecule has 1 aliphatic heterocycles. The fourth-order valence-electron chi connectivity index (χ4n) is 4.99. The highest BCUT2D eigenvalue weighted by atomic mass is 79.9. The monoisotopic (exact) mass is 541 g/mol. The number of benzene rings is 3. The molecule has 4 aromatic rings. The minimum Gasteiger partial charge on any atom is -0.378 e. The zero-order valence-electron chi connectivity index (χ0n) is 19.5. The van der Waals surface area contributed by atoms with Crippen molar-refractivity contribution >= 4 is 44.7 Å². The predicted octanol–water partition coefficient (Wildman–Crippen LogP) is 5.15. The Labute approximate surface area is 216 Å². The van der Waals surface area contributed by atoms with Gasteiger partial charge in [0.2, 0.25) is 0 Å². The zero-order valence-corrected chi connectivity index (χ0v) is 21.9. The van der Waals surface area contributed by atoms with Crippen molar-refractivity contribution in [3.05, 3.63) is 125 Å². The molecule has 4 nitrogen and oxygen atoms in total. The first kappa shape index (κ1) is 22.3. The van der Waals surface area contributed by atoms with Crippen molar-refractivity contribution in [2.24, 2.45) is 4.99 Å². The lowest BCUT2D eigenvalue weighted by Gasteiger charge is -2.30. The van der Waals surface area contributed by atoms with E-state index in [2.05, 4.69) is 93.6 Å². The highest BCUT2D eigenvalue weighted by molar-refractivity contribution is 9.10. The number of fused-ring (bicyclic) bond motifs is 3. The molecule has 0 bridgehead atoms. The van der Waals surface area contributed by atoms with Gasteiger partial charge in [-0.3, -0.25) is 9.36 Å². The third-order valence-electron chi connectivity index (χ3n) is 6.77. The van der Waals surface area contributed by atoms with E-state index in [0.29, 0.717) is 4.53 Å². The van der Waals surface area contributed by atoms with Gasteiger partial charge < -0.3 is 4.90 Å². The van der Waals surface area contributed by atoms with Crippen molar-refractivity contribution in [2.75, 3.05) is 19.0 Å². The van der Waals surface area contributed by atoms with Gasteiger partial charge in [-0.25, -0.2) is 4.99 Å². The van der Waals surface area contributed by atoms with Crippen molar-refractivity contribution in [1.29, 1.82) is 0 Å². The van der Waals surface area contributed by atoms with Gasteiger partial charge in [-0.15, -0.1) is 0 Å². The first-order chi connectivity index (χ1) is 17.0. The van der Waals surface area contributed by atoms with Crippen LogP contribution >= 0.6 is 27.3 Å². The number of nitrogens with zero attached hydrogens (tertiary/aromatic N) is 3. The number of aromatic nitrogens is 1. The SMILES string of the molecule is CN(C)c1ccc(/C=c2\sc3n(c2=O)[C@@H](c2ccc(Br)cc2)C2=C(N=3)c3ccccc3CC2)cc1. The summed E-state index contributed by atoms with van der Waals surface area (Å²) >= 11 is 5.03. The van der Waals surface area contributed by atoms with Gasteiger partial charge in [-0.2, -0.15) is 0 Å². The van der Waals surface area contributed by atoms with Gasteiger partial charge in [0.15, 0.2) is 4.80 Å². The smallest absolute Gasteiger partial charge is 0.271 e. The van der Waals surface area contributed by atoms with Crippen LogP contribution in [0.25, 0.3) is 11.8 Å². The molecular weight excluding hydrogens is 518 g/mol. The number of allylic oxidation sites excluding steroid dienone is 1. The van der Waals surface area contributed by atoms with Gasteiger partial charge in [-0.05, 0) is 65.4 Å². The van der Waals surface area contributed by atoms with Gasteiger partial charge in [0.25, 0.3) is 5.56 Å². The Morgan fingerprint density at radius 3 is 2.49 bits per heavy atom. The lowest BCUT2D eigenvalue weighted by atomic mass is 9.83. The second-order valence-corrected chi connectivity index (χ2v) is 11.1. The van der Waals surface area contributed by atoms with Crippen LogP contribution in [0.5, 0.6) is 0 Å². The third-order valence-corrected chi connectivity index (χ3v) is 8.28. The van der Waals surface area contributed by atoms with E-state index in [1.807, 2.05) is 24.7 Å². The summed E-state index contributed by atoms with van der Waals surface area (Å²) in [6, 6.07) is 25.0. The van der Waals surface area contributed by atoms with Crippen LogP contribution in [0, 0.1) is 0 Å². The maximum Gasteiger partial charge on any atom is 0.271 e. The average molecular weight is 543 g/mol. The molecule has 0 radical (unpaired) electrons. The van der Waals surface area contributed by atoms with Crippen molar-refractivity contribution < 1.29 is 0 Å². The summed E-state index contributed by atoms with van der Waals surface area (Å²) in [6.45, 7) is 0. The molecule has 0 saturated heterocycles. The van der Waals surface area contributed by atoms with E-state index in [4.69, 9.17) is 4.99 Å². The molecule has 0 fully saturated rings. The van der Waals surface area contributed by atoms with Crippen LogP contribution in [0.2, 0.25) is 0 Å². The van der Waals surface area contributed by atoms with Gasteiger partial charge in [0, 0.05) is 29.8 Å². The summed E-state index contributed by atoms with van der Waals surface area (Å²) in [5.74, 6) is 0. The molecule has 1 atom stereocenters.